The van der Waals surface area contributed by atoms with Crippen LogP contribution in [0.3, 0.4) is 0 Å². The van der Waals surface area contributed by atoms with Crippen LogP contribution in [-0.2, 0) is 9.84 Å². The van der Waals surface area contributed by atoms with Crippen molar-refractivity contribution >= 4 is 9.84 Å². The van der Waals surface area contributed by atoms with Crippen LogP contribution in [0.15, 0.2) is 35.2 Å². The predicted octanol–water partition coefficient (Wildman–Crippen LogP) is 2.79. The van der Waals surface area contributed by atoms with Crippen molar-refractivity contribution in [3.8, 4) is 0 Å². The van der Waals surface area contributed by atoms with Gasteiger partial charge in [-0.15, -0.1) is 0 Å². The lowest BCUT2D eigenvalue weighted by Gasteiger charge is -2.21. The standard InChI is InChI=1S/C12H16O2S/c13-15(14,11-7-3-1-4-8-11)12-9-5-2-6-10-12/h1,3-4,7-8,12H,2,5-6,9-10H2. The third kappa shape index (κ3) is 2.23. The molecule has 1 saturated carbocycles. The molecule has 0 amide bonds. The summed E-state index contributed by atoms with van der Waals surface area (Å²) in [6.07, 6.45) is 4.95. The maximum Gasteiger partial charge on any atom is 0.181 e. The zero-order valence-electron chi connectivity index (χ0n) is 8.72. The van der Waals surface area contributed by atoms with E-state index in [1.54, 1.807) is 24.3 Å². The van der Waals surface area contributed by atoms with Gasteiger partial charge in [-0.3, -0.25) is 0 Å². The monoisotopic (exact) mass is 224 g/mol. The van der Waals surface area contributed by atoms with Gasteiger partial charge in [0.2, 0.25) is 0 Å². The van der Waals surface area contributed by atoms with E-state index in [4.69, 9.17) is 0 Å². The highest BCUT2D eigenvalue weighted by Gasteiger charge is 2.28. The highest BCUT2D eigenvalue weighted by atomic mass is 32.2. The molecule has 1 aliphatic rings. The first-order valence-electron chi connectivity index (χ1n) is 5.50. The average Bonchev–Trinajstić information content (AvgIpc) is 2.31. The Kier molecular flexibility index (Phi) is 3.10. The van der Waals surface area contributed by atoms with Crippen LogP contribution in [-0.4, -0.2) is 13.7 Å². The molecule has 0 bridgehead atoms. The van der Waals surface area contributed by atoms with E-state index >= 15 is 0 Å². The summed E-state index contributed by atoms with van der Waals surface area (Å²) >= 11 is 0. The van der Waals surface area contributed by atoms with Gasteiger partial charge in [-0.25, -0.2) is 8.42 Å². The molecule has 1 fully saturated rings. The summed E-state index contributed by atoms with van der Waals surface area (Å²) in [6.45, 7) is 0. The summed E-state index contributed by atoms with van der Waals surface area (Å²) in [4.78, 5) is 0.483. The van der Waals surface area contributed by atoms with E-state index in [9.17, 15) is 8.42 Å². The summed E-state index contributed by atoms with van der Waals surface area (Å²) in [6, 6.07) is 8.82. The number of hydrogen-bond acceptors (Lipinski definition) is 2. The number of sulfone groups is 1. The van der Waals surface area contributed by atoms with Crippen molar-refractivity contribution in [2.75, 3.05) is 0 Å². The van der Waals surface area contributed by atoms with Gasteiger partial charge in [0.15, 0.2) is 9.84 Å². The maximum atomic E-state index is 12.2. The zero-order chi connectivity index (χ0) is 10.7. The molecular weight excluding hydrogens is 208 g/mol. The molecule has 1 aromatic carbocycles. The quantitative estimate of drug-likeness (QED) is 0.774. The molecule has 0 radical (unpaired) electrons. The van der Waals surface area contributed by atoms with Gasteiger partial charge < -0.3 is 0 Å². The molecule has 1 aliphatic carbocycles. The molecule has 82 valence electrons. The Hall–Kier alpha value is -0.830. The fourth-order valence-electron chi connectivity index (χ4n) is 2.18. The van der Waals surface area contributed by atoms with Crippen LogP contribution in [0.2, 0.25) is 0 Å². The molecule has 2 nitrogen and oxygen atoms in total. The van der Waals surface area contributed by atoms with Crippen molar-refractivity contribution < 1.29 is 8.42 Å². The molecule has 2 rings (SSSR count). The first-order valence-corrected chi connectivity index (χ1v) is 7.05. The molecule has 1 aromatic rings. The Morgan fingerprint density at radius 1 is 0.933 bits per heavy atom. The van der Waals surface area contributed by atoms with Crippen molar-refractivity contribution in [1.29, 1.82) is 0 Å². The minimum atomic E-state index is -3.06. The van der Waals surface area contributed by atoms with Crippen LogP contribution in [0, 0.1) is 0 Å². The van der Waals surface area contributed by atoms with E-state index in [0.717, 1.165) is 25.7 Å². The first-order chi connectivity index (χ1) is 7.21. The summed E-state index contributed by atoms with van der Waals surface area (Å²) in [5.74, 6) is 0. The Morgan fingerprint density at radius 3 is 2.13 bits per heavy atom. The van der Waals surface area contributed by atoms with Gasteiger partial charge in [-0.2, -0.15) is 0 Å². The second-order valence-corrected chi connectivity index (χ2v) is 6.35. The summed E-state index contributed by atoms with van der Waals surface area (Å²) in [5.41, 5.74) is 0. The van der Waals surface area contributed by atoms with E-state index in [1.165, 1.54) is 6.42 Å². The Morgan fingerprint density at radius 2 is 1.53 bits per heavy atom. The Balaban J connectivity index is 2.26. The third-order valence-electron chi connectivity index (χ3n) is 3.06. The molecule has 0 aromatic heterocycles. The summed E-state index contributed by atoms with van der Waals surface area (Å²) in [5, 5.41) is -0.145. The smallest absolute Gasteiger partial charge is 0.181 e. The molecular formula is C12H16O2S. The van der Waals surface area contributed by atoms with E-state index < -0.39 is 9.84 Å². The lowest BCUT2D eigenvalue weighted by Crippen LogP contribution is -2.23. The molecule has 0 saturated heterocycles. The van der Waals surface area contributed by atoms with E-state index in [-0.39, 0.29) is 5.25 Å². The molecule has 0 atom stereocenters. The van der Waals surface area contributed by atoms with Gasteiger partial charge in [-0.1, -0.05) is 37.5 Å². The highest BCUT2D eigenvalue weighted by Crippen LogP contribution is 2.28. The van der Waals surface area contributed by atoms with Crippen LogP contribution in [0.4, 0.5) is 0 Å². The van der Waals surface area contributed by atoms with E-state index in [1.807, 2.05) is 6.07 Å². The second kappa shape index (κ2) is 4.35. The van der Waals surface area contributed by atoms with Gasteiger partial charge >= 0.3 is 0 Å². The van der Waals surface area contributed by atoms with Crippen LogP contribution in [0.5, 0.6) is 0 Å². The Bertz CT molecular complexity index is 403. The first kappa shape index (κ1) is 10.7. The molecule has 3 heteroatoms. The summed E-state index contributed by atoms with van der Waals surface area (Å²) < 4.78 is 24.4. The Labute approximate surface area is 91.2 Å². The van der Waals surface area contributed by atoms with E-state index in [0.29, 0.717) is 4.90 Å². The van der Waals surface area contributed by atoms with Crippen molar-refractivity contribution in [1.82, 2.24) is 0 Å². The van der Waals surface area contributed by atoms with Crippen molar-refractivity contribution in [3.63, 3.8) is 0 Å². The van der Waals surface area contributed by atoms with Gasteiger partial charge in [-0.05, 0) is 25.0 Å². The maximum absolute atomic E-state index is 12.2. The van der Waals surface area contributed by atoms with Gasteiger partial charge in [0.25, 0.3) is 0 Å². The van der Waals surface area contributed by atoms with Crippen LogP contribution in [0.1, 0.15) is 32.1 Å². The fraction of sp³-hybridized carbons (Fsp3) is 0.500. The van der Waals surface area contributed by atoms with Gasteiger partial charge in [0, 0.05) is 0 Å². The van der Waals surface area contributed by atoms with Crippen molar-refractivity contribution in [2.24, 2.45) is 0 Å². The SMILES string of the molecule is O=S(=O)(c1ccccc1)C1CCCCC1. The molecule has 0 unspecified atom stereocenters. The average molecular weight is 224 g/mol. The fourth-order valence-corrected chi connectivity index (χ4v) is 4.05. The normalized spacial score (nSPS) is 18.9. The topological polar surface area (TPSA) is 34.1 Å². The molecule has 0 aliphatic heterocycles. The molecule has 15 heavy (non-hydrogen) atoms. The summed E-state index contributed by atoms with van der Waals surface area (Å²) in [7, 11) is -3.06. The van der Waals surface area contributed by atoms with Crippen molar-refractivity contribution in [2.45, 2.75) is 42.2 Å². The van der Waals surface area contributed by atoms with Gasteiger partial charge in [0.05, 0.1) is 10.1 Å². The molecule has 0 spiro atoms. The largest absolute Gasteiger partial charge is 0.223 e. The lowest BCUT2D eigenvalue weighted by atomic mass is 10.0. The number of rotatable bonds is 2. The highest BCUT2D eigenvalue weighted by molar-refractivity contribution is 7.92. The minimum absolute atomic E-state index is 0.145. The van der Waals surface area contributed by atoms with Crippen LogP contribution in [0.25, 0.3) is 0 Å². The van der Waals surface area contributed by atoms with Crippen molar-refractivity contribution in [3.05, 3.63) is 30.3 Å². The third-order valence-corrected chi connectivity index (χ3v) is 5.34. The zero-order valence-corrected chi connectivity index (χ0v) is 9.54. The predicted molar refractivity (Wildman–Crippen MR) is 60.5 cm³/mol. The number of benzene rings is 1. The molecule has 0 N–H and O–H groups in total. The number of hydrogen-bond donors (Lipinski definition) is 0. The minimum Gasteiger partial charge on any atom is -0.223 e. The second-order valence-electron chi connectivity index (χ2n) is 4.12. The van der Waals surface area contributed by atoms with E-state index in [2.05, 4.69) is 0 Å². The lowest BCUT2D eigenvalue weighted by molar-refractivity contribution is 0.483. The molecule has 0 heterocycles. The van der Waals surface area contributed by atoms with Gasteiger partial charge in [0.1, 0.15) is 0 Å². The van der Waals surface area contributed by atoms with Crippen LogP contribution >= 0.6 is 0 Å². The van der Waals surface area contributed by atoms with Crippen LogP contribution < -0.4 is 0 Å².